The summed E-state index contributed by atoms with van der Waals surface area (Å²) in [4.78, 5) is 38.7. The van der Waals surface area contributed by atoms with Crippen molar-refractivity contribution in [3.63, 3.8) is 0 Å². The minimum absolute atomic E-state index is 0.0121. The van der Waals surface area contributed by atoms with E-state index in [1.165, 1.54) is 6.92 Å². The molecule has 1 aliphatic heterocycles. The zero-order chi connectivity index (χ0) is 29.7. The summed E-state index contributed by atoms with van der Waals surface area (Å²) in [6.45, 7) is 4.58. The van der Waals surface area contributed by atoms with Crippen LogP contribution < -0.4 is 0 Å². The van der Waals surface area contributed by atoms with Crippen LogP contribution in [0.2, 0.25) is 0 Å². The molecule has 7 unspecified atom stereocenters. The fourth-order valence-electron chi connectivity index (χ4n) is 9.36. The van der Waals surface area contributed by atoms with Gasteiger partial charge >= 0.3 is 11.9 Å². The molecule has 5 aliphatic rings. The summed E-state index contributed by atoms with van der Waals surface area (Å²) in [5.74, 6) is -2.36. The van der Waals surface area contributed by atoms with Crippen LogP contribution in [0, 0.1) is 52.8 Å². The van der Waals surface area contributed by atoms with Crippen LogP contribution in [0.1, 0.15) is 59.3 Å². The normalized spacial score (nSPS) is 40.2. The Morgan fingerprint density at radius 1 is 1.15 bits per heavy atom. The van der Waals surface area contributed by atoms with Gasteiger partial charge in [0.05, 0.1) is 45.1 Å². The standard InChI is InChI=1S/C31H46O10/c1-16(2)8-18-4-5-20-19-6-7-22-21-11-39-15-31(22,23(19)9-24(35)27(20)26(18)29(36)37)10-25(41-17(3)34)28(21)40-14-30(38,12-32)13-33/h9,16,18-22,25-28,32-33,38H,4-8,10-15H2,1-3H3,(H,36,37)/t18?,19?,20?,21?,22?,25-,26?,27?,28-,31-/m1/s1. The first kappa shape index (κ1) is 30.6. The molecule has 0 spiro atoms. The van der Waals surface area contributed by atoms with Gasteiger partial charge in [0.25, 0.3) is 0 Å². The fourth-order valence-corrected chi connectivity index (χ4v) is 9.36. The van der Waals surface area contributed by atoms with E-state index < -0.39 is 60.2 Å². The maximum Gasteiger partial charge on any atom is 0.307 e. The van der Waals surface area contributed by atoms with Gasteiger partial charge in [0, 0.05) is 24.2 Å². The van der Waals surface area contributed by atoms with Crippen LogP contribution in [0.15, 0.2) is 11.6 Å². The second-order valence-electron chi connectivity index (χ2n) is 13.8. The molecular formula is C31H46O10. The van der Waals surface area contributed by atoms with Gasteiger partial charge in [-0.05, 0) is 74.2 Å². The Bertz CT molecular complexity index is 1050. The second kappa shape index (κ2) is 11.7. The van der Waals surface area contributed by atoms with Gasteiger partial charge in [-0.3, -0.25) is 14.4 Å². The van der Waals surface area contributed by atoms with Crippen molar-refractivity contribution in [1.82, 2.24) is 0 Å². The van der Waals surface area contributed by atoms with E-state index in [4.69, 9.17) is 14.2 Å². The van der Waals surface area contributed by atoms with Gasteiger partial charge in [0.15, 0.2) is 5.78 Å². The predicted molar refractivity (Wildman–Crippen MR) is 145 cm³/mol. The SMILES string of the molecule is CC(=O)O[C@@H]1C[C@@]23COCC(C2CCC2C3=CC(=O)C3C2CCC(CC(C)C)C3C(=O)O)[C@H]1OCC(O)(CO)CO. The van der Waals surface area contributed by atoms with Gasteiger partial charge in [-0.25, -0.2) is 0 Å². The van der Waals surface area contributed by atoms with Crippen LogP contribution >= 0.6 is 0 Å². The number of hydrogen-bond acceptors (Lipinski definition) is 9. The van der Waals surface area contributed by atoms with Gasteiger partial charge in [-0.2, -0.15) is 0 Å². The van der Waals surface area contributed by atoms with E-state index in [1.807, 2.05) is 0 Å². The highest BCUT2D eigenvalue weighted by atomic mass is 16.6. The minimum atomic E-state index is -1.83. The molecule has 1 saturated heterocycles. The Kier molecular flexibility index (Phi) is 8.72. The molecule has 1 heterocycles. The van der Waals surface area contributed by atoms with Gasteiger partial charge in [-0.15, -0.1) is 0 Å². The first-order valence-electron chi connectivity index (χ1n) is 15.2. The van der Waals surface area contributed by atoms with Crippen LogP contribution in [-0.2, 0) is 28.6 Å². The monoisotopic (exact) mass is 578 g/mol. The van der Waals surface area contributed by atoms with Gasteiger partial charge < -0.3 is 34.6 Å². The number of ketones is 1. The summed E-state index contributed by atoms with van der Waals surface area (Å²) in [7, 11) is 0. The number of carbonyl (C=O) groups excluding carboxylic acids is 2. The average Bonchev–Trinajstić information content (AvgIpc) is 2.91. The number of rotatable bonds is 9. The number of hydrogen-bond donors (Lipinski definition) is 4. The lowest BCUT2D eigenvalue weighted by molar-refractivity contribution is -0.236. The molecule has 41 heavy (non-hydrogen) atoms. The van der Waals surface area contributed by atoms with Gasteiger partial charge in [0.1, 0.15) is 11.7 Å². The number of esters is 1. The van der Waals surface area contributed by atoms with Crippen LogP contribution in [0.5, 0.6) is 0 Å². The third-order valence-electron chi connectivity index (χ3n) is 10.9. The van der Waals surface area contributed by atoms with Gasteiger partial charge in [0.2, 0.25) is 0 Å². The van der Waals surface area contributed by atoms with E-state index in [0.29, 0.717) is 25.6 Å². The van der Waals surface area contributed by atoms with Crippen LogP contribution in [0.4, 0.5) is 0 Å². The number of allylic oxidation sites excluding steroid dienone is 1. The number of aliphatic carboxylic acids is 1. The van der Waals surface area contributed by atoms with Crippen molar-refractivity contribution in [3.8, 4) is 0 Å². The average molecular weight is 579 g/mol. The minimum Gasteiger partial charge on any atom is -0.481 e. The first-order valence-corrected chi connectivity index (χ1v) is 15.2. The van der Waals surface area contributed by atoms with Crippen molar-refractivity contribution in [1.29, 1.82) is 0 Å². The molecule has 4 aliphatic carbocycles. The summed E-state index contributed by atoms with van der Waals surface area (Å²) >= 11 is 0. The molecule has 230 valence electrons. The van der Waals surface area contributed by atoms with Crippen LogP contribution in [0.3, 0.4) is 0 Å². The lowest BCUT2D eigenvalue weighted by Crippen LogP contribution is -2.64. The fraction of sp³-hybridized carbons (Fsp3) is 0.839. The number of carboxylic acid groups (broad SMARTS) is 1. The molecule has 0 amide bonds. The molecule has 0 aromatic heterocycles. The molecule has 10 heteroatoms. The van der Waals surface area contributed by atoms with Crippen LogP contribution in [0.25, 0.3) is 0 Å². The molecule has 10 atom stereocenters. The number of fused-ring (bicyclic) bond motifs is 3. The highest BCUT2D eigenvalue weighted by Gasteiger charge is 2.64. The van der Waals surface area contributed by atoms with Crippen molar-refractivity contribution in [2.45, 2.75) is 77.1 Å². The van der Waals surface area contributed by atoms with Crippen LogP contribution in [-0.4, -0.2) is 89.0 Å². The first-order chi connectivity index (χ1) is 19.4. The summed E-state index contributed by atoms with van der Waals surface area (Å²) in [5.41, 5.74) is -1.34. The Hall–Kier alpha value is -1.85. The Morgan fingerprint density at radius 2 is 1.88 bits per heavy atom. The van der Waals surface area contributed by atoms with Crippen molar-refractivity contribution in [2.75, 3.05) is 33.0 Å². The zero-order valence-corrected chi connectivity index (χ0v) is 24.4. The van der Waals surface area contributed by atoms with Crippen molar-refractivity contribution >= 4 is 17.7 Å². The van der Waals surface area contributed by atoms with Gasteiger partial charge in [-0.1, -0.05) is 19.4 Å². The van der Waals surface area contributed by atoms with Crippen molar-refractivity contribution in [2.24, 2.45) is 52.8 Å². The second-order valence-corrected chi connectivity index (χ2v) is 13.8. The smallest absolute Gasteiger partial charge is 0.307 e. The molecule has 10 nitrogen and oxygen atoms in total. The summed E-state index contributed by atoms with van der Waals surface area (Å²) in [6, 6.07) is 0. The lowest BCUT2D eigenvalue weighted by Gasteiger charge is -2.63. The molecule has 0 radical (unpaired) electrons. The van der Waals surface area contributed by atoms with E-state index >= 15 is 0 Å². The number of carboxylic acids is 1. The largest absolute Gasteiger partial charge is 0.481 e. The maximum absolute atomic E-state index is 13.9. The maximum atomic E-state index is 13.9. The Morgan fingerprint density at radius 3 is 2.51 bits per heavy atom. The van der Waals surface area contributed by atoms with E-state index in [0.717, 1.165) is 37.7 Å². The molecule has 3 saturated carbocycles. The predicted octanol–water partition coefficient (Wildman–Crippen LogP) is 1.98. The lowest BCUT2D eigenvalue weighted by atomic mass is 9.45. The molecule has 0 aromatic rings. The summed E-state index contributed by atoms with van der Waals surface area (Å²) in [5, 5.41) is 39.9. The van der Waals surface area contributed by atoms with Crippen molar-refractivity contribution in [3.05, 3.63) is 11.6 Å². The number of aliphatic hydroxyl groups is 3. The van der Waals surface area contributed by atoms with E-state index in [1.54, 1.807) is 6.08 Å². The third kappa shape index (κ3) is 5.39. The summed E-state index contributed by atoms with van der Waals surface area (Å²) < 4.78 is 18.1. The quantitative estimate of drug-likeness (QED) is 0.298. The Balaban J connectivity index is 1.49. The van der Waals surface area contributed by atoms with E-state index in [-0.39, 0.29) is 42.0 Å². The summed E-state index contributed by atoms with van der Waals surface area (Å²) in [6.07, 6.45) is 4.94. The number of carbonyl (C=O) groups is 3. The molecule has 4 fully saturated rings. The molecular weight excluding hydrogens is 532 g/mol. The topological polar surface area (TPSA) is 160 Å². The number of aliphatic hydroxyl groups excluding tert-OH is 2. The molecule has 5 rings (SSSR count). The number of ether oxygens (including phenoxy) is 3. The molecule has 2 bridgehead atoms. The Labute approximate surface area is 241 Å². The molecule has 0 aromatic carbocycles. The molecule has 4 N–H and O–H groups in total. The van der Waals surface area contributed by atoms with Crippen molar-refractivity contribution < 1.29 is 49.0 Å². The highest BCUT2D eigenvalue weighted by Crippen LogP contribution is 2.64. The highest BCUT2D eigenvalue weighted by molar-refractivity contribution is 5.97. The zero-order valence-electron chi connectivity index (χ0n) is 24.4. The third-order valence-corrected chi connectivity index (χ3v) is 10.9. The van der Waals surface area contributed by atoms with E-state index in [9.17, 15) is 34.8 Å². The van der Waals surface area contributed by atoms with E-state index in [2.05, 4.69) is 13.8 Å².